The van der Waals surface area contributed by atoms with Gasteiger partial charge in [0.1, 0.15) is 5.82 Å². The highest BCUT2D eigenvalue weighted by Crippen LogP contribution is 2.25. The number of aromatic nitrogens is 3. The molecule has 2 aliphatic rings. The first-order valence-corrected chi connectivity index (χ1v) is 9.14. The molecule has 0 aliphatic carbocycles. The second-order valence-corrected chi connectivity index (χ2v) is 7.16. The molecular weight excluding hydrogens is 290 g/mol. The van der Waals surface area contributed by atoms with Crippen LogP contribution >= 0.6 is 0 Å². The van der Waals surface area contributed by atoms with Gasteiger partial charge in [-0.1, -0.05) is 33.1 Å². The monoisotopic (exact) mass is 319 g/mol. The lowest BCUT2D eigenvalue weighted by Gasteiger charge is -2.29. The van der Waals surface area contributed by atoms with Crippen molar-refractivity contribution in [2.45, 2.75) is 71.4 Å². The lowest BCUT2D eigenvalue weighted by Crippen LogP contribution is -2.44. The van der Waals surface area contributed by atoms with E-state index in [0.29, 0.717) is 5.92 Å². The molecule has 3 rings (SSSR count). The number of likely N-dealkylation sites (tertiary alicyclic amines) is 1. The number of hydrogen-bond acceptors (Lipinski definition) is 3. The van der Waals surface area contributed by atoms with Gasteiger partial charge >= 0.3 is 6.03 Å². The first kappa shape index (κ1) is 16.3. The third-order valence-corrected chi connectivity index (χ3v) is 5.01. The second-order valence-electron chi connectivity index (χ2n) is 7.16. The summed E-state index contributed by atoms with van der Waals surface area (Å²) < 4.78 is 2.19. The molecular formula is C17H29N5O. The molecule has 0 bridgehead atoms. The number of rotatable bonds is 3. The molecule has 1 aromatic rings. The van der Waals surface area contributed by atoms with E-state index in [2.05, 4.69) is 33.9 Å². The molecule has 1 saturated heterocycles. The Hall–Kier alpha value is -1.59. The summed E-state index contributed by atoms with van der Waals surface area (Å²) in [5.74, 6) is 2.28. The fraction of sp³-hybridized carbons (Fsp3) is 0.824. The molecule has 6 nitrogen and oxygen atoms in total. The van der Waals surface area contributed by atoms with Crippen molar-refractivity contribution >= 4 is 6.03 Å². The molecule has 2 aliphatic heterocycles. The molecule has 0 radical (unpaired) electrons. The van der Waals surface area contributed by atoms with E-state index in [4.69, 9.17) is 0 Å². The topological polar surface area (TPSA) is 63.1 Å². The van der Waals surface area contributed by atoms with Gasteiger partial charge in [-0.3, -0.25) is 0 Å². The molecule has 1 aromatic heterocycles. The van der Waals surface area contributed by atoms with E-state index in [0.717, 1.165) is 57.0 Å². The van der Waals surface area contributed by atoms with Gasteiger partial charge in [0.25, 0.3) is 0 Å². The number of carbonyl (C=O) groups is 1. The summed E-state index contributed by atoms with van der Waals surface area (Å²) in [5, 5.41) is 11.9. The summed E-state index contributed by atoms with van der Waals surface area (Å²) >= 11 is 0. The summed E-state index contributed by atoms with van der Waals surface area (Å²) in [4.78, 5) is 14.7. The quantitative estimate of drug-likeness (QED) is 0.932. The predicted molar refractivity (Wildman–Crippen MR) is 89.1 cm³/mol. The van der Waals surface area contributed by atoms with Gasteiger partial charge in [0.15, 0.2) is 5.82 Å². The molecule has 0 aromatic carbocycles. The van der Waals surface area contributed by atoms with Crippen LogP contribution in [0, 0.1) is 5.92 Å². The molecule has 128 valence electrons. The van der Waals surface area contributed by atoms with Crippen molar-refractivity contribution in [3.8, 4) is 0 Å². The average Bonchev–Trinajstić information content (AvgIpc) is 3.07. The van der Waals surface area contributed by atoms with E-state index in [1.165, 1.54) is 19.3 Å². The van der Waals surface area contributed by atoms with Gasteiger partial charge in [0.2, 0.25) is 0 Å². The van der Waals surface area contributed by atoms with Gasteiger partial charge in [-0.2, -0.15) is 0 Å². The molecule has 1 fully saturated rings. The highest BCUT2D eigenvalue weighted by Gasteiger charge is 2.29. The molecule has 0 spiro atoms. The minimum atomic E-state index is -0.0627. The lowest BCUT2D eigenvalue weighted by atomic mass is 10.0. The van der Waals surface area contributed by atoms with E-state index in [1.807, 2.05) is 4.90 Å². The van der Waals surface area contributed by atoms with Crippen molar-refractivity contribution in [1.82, 2.24) is 25.0 Å². The number of nitrogens with zero attached hydrogens (tertiary/aromatic N) is 4. The van der Waals surface area contributed by atoms with Gasteiger partial charge in [0, 0.05) is 26.1 Å². The van der Waals surface area contributed by atoms with Crippen molar-refractivity contribution in [3.63, 3.8) is 0 Å². The number of hydrogen-bond donors (Lipinski definition) is 1. The first-order chi connectivity index (χ1) is 11.2. The van der Waals surface area contributed by atoms with Crippen LogP contribution in [0.4, 0.5) is 4.79 Å². The third-order valence-electron chi connectivity index (χ3n) is 5.01. The molecule has 23 heavy (non-hydrogen) atoms. The Kier molecular flexibility index (Phi) is 5.18. The highest BCUT2D eigenvalue weighted by atomic mass is 16.2. The zero-order valence-corrected chi connectivity index (χ0v) is 14.4. The summed E-state index contributed by atoms with van der Waals surface area (Å²) in [5.41, 5.74) is 0. The SMILES string of the molecule is CC(C)C(NC(=O)N1CCCCCCC1)c1nnc2n1CCC2. The second kappa shape index (κ2) is 7.32. The zero-order chi connectivity index (χ0) is 16.2. The molecule has 0 saturated carbocycles. The maximum atomic E-state index is 12.7. The predicted octanol–water partition coefficient (Wildman–Crippen LogP) is 2.90. The first-order valence-electron chi connectivity index (χ1n) is 9.14. The van der Waals surface area contributed by atoms with Crippen LogP contribution in [0.1, 0.15) is 70.1 Å². The van der Waals surface area contributed by atoms with E-state index >= 15 is 0 Å². The smallest absolute Gasteiger partial charge is 0.317 e. The Morgan fingerprint density at radius 3 is 2.39 bits per heavy atom. The largest absolute Gasteiger partial charge is 0.328 e. The van der Waals surface area contributed by atoms with Crippen LogP contribution in [0.25, 0.3) is 0 Å². The Balaban J connectivity index is 1.70. The highest BCUT2D eigenvalue weighted by molar-refractivity contribution is 5.74. The van der Waals surface area contributed by atoms with Gasteiger partial charge in [0.05, 0.1) is 6.04 Å². The number of carbonyl (C=O) groups excluding carboxylic acids is 1. The minimum Gasteiger partial charge on any atom is -0.328 e. The number of urea groups is 1. The van der Waals surface area contributed by atoms with E-state index < -0.39 is 0 Å². The standard InChI is InChI=1S/C17H29N5O/c1-13(2)15(16-20-19-14-9-8-12-22(14)16)18-17(23)21-10-6-4-3-5-7-11-21/h13,15H,3-12H2,1-2H3,(H,18,23). The van der Waals surface area contributed by atoms with E-state index in [-0.39, 0.29) is 12.1 Å². The molecule has 1 unspecified atom stereocenters. The van der Waals surface area contributed by atoms with E-state index in [9.17, 15) is 4.79 Å². The van der Waals surface area contributed by atoms with Crippen molar-refractivity contribution in [2.75, 3.05) is 13.1 Å². The van der Waals surface area contributed by atoms with Crippen molar-refractivity contribution < 1.29 is 4.79 Å². The maximum absolute atomic E-state index is 12.7. The Bertz CT molecular complexity index is 531. The van der Waals surface area contributed by atoms with Gasteiger partial charge < -0.3 is 14.8 Å². The average molecular weight is 319 g/mol. The van der Waals surface area contributed by atoms with Crippen LogP contribution in [0.15, 0.2) is 0 Å². The van der Waals surface area contributed by atoms with Gasteiger partial charge in [-0.25, -0.2) is 4.79 Å². The molecule has 6 heteroatoms. The summed E-state index contributed by atoms with van der Waals surface area (Å²) in [6, 6.07) is -0.00626. The van der Waals surface area contributed by atoms with Crippen LogP contribution in [-0.4, -0.2) is 38.8 Å². The molecule has 2 amide bonds. The Morgan fingerprint density at radius 2 is 1.70 bits per heavy atom. The van der Waals surface area contributed by atoms with E-state index in [1.54, 1.807) is 0 Å². The van der Waals surface area contributed by atoms with Gasteiger partial charge in [-0.05, 0) is 25.2 Å². The number of amides is 2. The maximum Gasteiger partial charge on any atom is 0.317 e. The normalized spacial score (nSPS) is 20.0. The van der Waals surface area contributed by atoms with Crippen molar-refractivity contribution in [1.29, 1.82) is 0 Å². The summed E-state index contributed by atoms with van der Waals surface area (Å²) in [6.07, 6.45) is 8.11. The molecule has 1 atom stereocenters. The van der Waals surface area contributed by atoms with Crippen LogP contribution in [0.5, 0.6) is 0 Å². The number of nitrogens with one attached hydrogen (secondary N) is 1. The minimum absolute atomic E-state index is 0.0564. The van der Waals surface area contributed by atoms with Gasteiger partial charge in [-0.15, -0.1) is 10.2 Å². The Morgan fingerprint density at radius 1 is 1.00 bits per heavy atom. The molecule has 3 heterocycles. The summed E-state index contributed by atoms with van der Waals surface area (Å²) in [6.45, 7) is 6.98. The fourth-order valence-electron chi connectivity index (χ4n) is 3.61. The summed E-state index contributed by atoms with van der Waals surface area (Å²) in [7, 11) is 0. The van der Waals surface area contributed by atoms with Crippen molar-refractivity contribution in [3.05, 3.63) is 11.6 Å². The third kappa shape index (κ3) is 3.67. The fourth-order valence-corrected chi connectivity index (χ4v) is 3.61. The zero-order valence-electron chi connectivity index (χ0n) is 14.4. The van der Waals surface area contributed by atoms with Crippen LogP contribution in [0.3, 0.4) is 0 Å². The van der Waals surface area contributed by atoms with Crippen LogP contribution < -0.4 is 5.32 Å². The number of aryl methyl sites for hydroxylation is 1. The Labute approximate surface area is 138 Å². The number of fused-ring (bicyclic) bond motifs is 1. The van der Waals surface area contributed by atoms with Crippen molar-refractivity contribution in [2.24, 2.45) is 5.92 Å². The lowest BCUT2D eigenvalue weighted by molar-refractivity contribution is 0.183. The van der Waals surface area contributed by atoms with Crippen LogP contribution in [0.2, 0.25) is 0 Å². The van der Waals surface area contributed by atoms with Crippen LogP contribution in [-0.2, 0) is 13.0 Å². The molecule has 1 N–H and O–H groups in total.